The summed E-state index contributed by atoms with van der Waals surface area (Å²) in [6, 6.07) is 7.05. The summed E-state index contributed by atoms with van der Waals surface area (Å²) in [7, 11) is -2.14. The molecule has 1 aromatic heterocycles. The number of hydrogen-bond acceptors (Lipinski definition) is 7. The Morgan fingerprint density at radius 2 is 1.94 bits per heavy atom. The van der Waals surface area contributed by atoms with Crippen LogP contribution in [-0.4, -0.2) is 73.6 Å². The number of benzene rings is 1. The maximum atomic E-state index is 13.2. The van der Waals surface area contributed by atoms with Crippen molar-refractivity contribution in [2.75, 3.05) is 39.9 Å². The zero-order valence-electron chi connectivity index (χ0n) is 18.2. The number of carbonyl (C=O) groups is 1. The number of amides is 1. The molecule has 1 spiro atoms. The molecule has 0 radical (unpaired) electrons. The van der Waals surface area contributed by atoms with Gasteiger partial charge < -0.3 is 14.2 Å². The van der Waals surface area contributed by atoms with Crippen molar-refractivity contribution in [2.24, 2.45) is 5.41 Å². The molecule has 1 atom stereocenters. The lowest BCUT2D eigenvalue weighted by molar-refractivity contribution is -0.134. The van der Waals surface area contributed by atoms with E-state index in [4.69, 9.17) is 9.26 Å². The molecule has 168 valence electrons. The summed E-state index contributed by atoms with van der Waals surface area (Å²) in [6.45, 7) is 7.28. The molecule has 9 nitrogen and oxygen atoms in total. The number of likely N-dealkylation sites (tertiary alicyclic amines) is 1. The average Bonchev–Trinajstić information content (AvgIpc) is 3.31. The molecule has 2 fully saturated rings. The van der Waals surface area contributed by atoms with Crippen LogP contribution >= 0.6 is 0 Å². The van der Waals surface area contributed by atoms with Crippen LogP contribution in [0.15, 0.2) is 33.7 Å². The van der Waals surface area contributed by atoms with E-state index in [9.17, 15) is 13.2 Å². The van der Waals surface area contributed by atoms with Crippen LogP contribution in [-0.2, 0) is 19.6 Å². The molecule has 2 aliphatic heterocycles. The first-order valence-electron chi connectivity index (χ1n) is 10.3. The highest BCUT2D eigenvalue weighted by atomic mass is 32.2. The SMILES string of the molecule is COCC(=O)N1CC(c2nc(C)no2)C2(C1)CN(S(=O)(=O)c1ccc(C(C)C)cc1)C2. The summed E-state index contributed by atoms with van der Waals surface area (Å²) in [5.74, 6) is 0.941. The standard InChI is InChI=1S/C21H28N4O5S/c1-14(2)16-5-7-17(8-6-16)31(27,28)25-12-21(13-25)11-24(19(26)10-29-4)9-18(21)20-22-15(3)23-30-20/h5-8,14,18H,9-13H2,1-4H3. The minimum Gasteiger partial charge on any atom is -0.375 e. The Morgan fingerprint density at radius 1 is 1.26 bits per heavy atom. The molecule has 0 bridgehead atoms. The van der Waals surface area contributed by atoms with Crippen LogP contribution in [0, 0.1) is 12.3 Å². The fourth-order valence-electron chi connectivity index (χ4n) is 4.49. The first-order valence-corrected chi connectivity index (χ1v) is 11.8. The van der Waals surface area contributed by atoms with Gasteiger partial charge in [0.2, 0.25) is 21.8 Å². The van der Waals surface area contributed by atoms with E-state index in [1.54, 1.807) is 24.0 Å². The molecule has 10 heteroatoms. The van der Waals surface area contributed by atoms with Gasteiger partial charge in [-0.15, -0.1) is 0 Å². The Labute approximate surface area is 182 Å². The number of sulfonamides is 1. The van der Waals surface area contributed by atoms with Gasteiger partial charge in [-0.25, -0.2) is 8.42 Å². The number of rotatable bonds is 6. The van der Waals surface area contributed by atoms with Crippen molar-refractivity contribution < 1.29 is 22.5 Å². The predicted octanol–water partition coefficient (Wildman–Crippen LogP) is 1.76. The fraction of sp³-hybridized carbons (Fsp3) is 0.571. The molecular weight excluding hydrogens is 420 g/mol. The molecule has 0 aliphatic carbocycles. The van der Waals surface area contributed by atoms with Crippen molar-refractivity contribution in [2.45, 2.75) is 37.5 Å². The van der Waals surface area contributed by atoms with Gasteiger partial charge in [0.05, 0.1) is 10.8 Å². The van der Waals surface area contributed by atoms with Crippen LogP contribution in [0.4, 0.5) is 0 Å². The molecule has 0 saturated carbocycles. The third kappa shape index (κ3) is 3.88. The van der Waals surface area contributed by atoms with Crippen molar-refractivity contribution >= 4 is 15.9 Å². The van der Waals surface area contributed by atoms with E-state index in [-0.39, 0.29) is 23.3 Å². The third-order valence-electron chi connectivity index (χ3n) is 6.28. The van der Waals surface area contributed by atoms with Crippen LogP contribution in [0.1, 0.15) is 43.0 Å². The Balaban J connectivity index is 1.56. The molecule has 2 aromatic rings. The molecular formula is C21H28N4O5S. The second-order valence-electron chi connectivity index (χ2n) is 8.80. The first kappa shape index (κ1) is 21.9. The largest absolute Gasteiger partial charge is 0.375 e. The minimum absolute atomic E-state index is 0.0180. The van der Waals surface area contributed by atoms with Gasteiger partial charge in [0.15, 0.2) is 5.82 Å². The van der Waals surface area contributed by atoms with Gasteiger partial charge >= 0.3 is 0 Å². The van der Waals surface area contributed by atoms with E-state index in [0.29, 0.717) is 43.8 Å². The average molecular weight is 449 g/mol. The highest BCUT2D eigenvalue weighted by molar-refractivity contribution is 7.89. The van der Waals surface area contributed by atoms with Crippen molar-refractivity contribution in [3.8, 4) is 0 Å². The summed E-state index contributed by atoms with van der Waals surface area (Å²) in [6.07, 6.45) is 0. The Morgan fingerprint density at radius 3 is 2.48 bits per heavy atom. The summed E-state index contributed by atoms with van der Waals surface area (Å²) >= 11 is 0. The van der Waals surface area contributed by atoms with Gasteiger partial charge in [0, 0.05) is 38.7 Å². The van der Waals surface area contributed by atoms with Gasteiger partial charge in [-0.2, -0.15) is 9.29 Å². The summed E-state index contributed by atoms with van der Waals surface area (Å²) in [5.41, 5.74) is 0.641. The van der Waals surface area contributed by atoms with Crippen LogP contribution in [0.2, 0.25) is 0 Å². The van der Waals surface area contributed by atoms with E-state index in [1.165, 1.54) is 11.4 Å². The molecule has 31 heavy (non-hydrogen) atoms. The summed E-state index contributed by atoms with van der Waals surface area (Å²) in [5, 5.41) is 3.88. The van der Waals surface area contributed by atoms with E-state index in [0.717, 1.165) is 5.56 Å². The van der Waals surface area contributed by atoms with E-state index in [2.05, 4.69) is 24.0 Å². The molecule has 3 heterocycles. The maximum Gasteiger partial charge on any atom is 0.248 e. The maximum absolute atomic E-state index is 13.2. The lowest BCUT2D eigenvalue weighted by Gasteiger charge is -2.48. The fourth-order valence-corrected chi connectivity index (χ4v) is 6.12. The van der Waals surface area contributed by atoms with Crippen molar-refractivity contribution in [1.82, 2.24) is 19.3 Å². The summed E-state index contributed by atoms with van der Waals surface area (Å²) < 4.78 is 38.2. The van der Waals surface area contributed by atoms with E-state index >= 15 is 0 Å². The molecule has 0 N–H and O–H groups in total. The number of aryl methyl sites for hydroxylation is 1. The molecule has 1 amide bonds. The monoisotopic (exact) mass is 448 g/mol. The third-order valence-corrected chi connectivity index (χ3v) is 8.08. The van der Waals surface area contributed by atoms with E-state index < -0.39 is 15.4 Å². The van der Waals surface area contributed by atoms with Gasteiger partial charge in [0.1, 0.15) is 6.61 Å². The molecule has 1 unspecified atom stereocenters. The lowest BCUT2D eigenvalue weighted by atomic mass is 9.73. The number of carbonyl (C=O) groups excluding carboxylic acids is 1. The molecule has 2 aliphatic rings. The zero-order chi connectivity index (χ0) is 22.4. The van der Waals surface area contributed by atoms with Crippen LogP contribution < -0.4 is 0 Å². The van der Waals surface area contributed by atoms with Gasteiger partial charge in [-0.3, -0.25) is 4.79 Å². The number of aromatic nitrogens is 2. The minimum atomic E-state index is -3.62. The molecule has 4 rings (SSSR count). The Hall–Kier alpha value is -2.30. The lowest BCUT2D eigenvalue weighted by Crippen LogP contribution is -2.61. The van der Waals surface area contributed by atoms with Gasteiger partial charge in [-0.1, -0.05) is 31.1 Å². The normalized spacial score (nSPS) is 21.1. The highest BCUT2D eigenvalue weighted by Gasteiger charge is 2.60. The zero-order valence-corrected chi connectivity index (χ0v) is 19.1. The number of nitrogens with zero attached hydrogens (tertiary/aromatic N) is 4. The van der Waals surface area contributed by atoms with Crippen molar-refractivity contribution in [3.63, 3.8) is 0 Å². The highest BCUT2D eigenvalue weighted by Crippen LogP contribution is 2.50. The van der Waals surface area contributed by atoms with Gasteiger partial charge in [-0.05, 0) is 30.5 Å². The van der Waals surface area contributed by atoms with Crippen molar-refractivity contribution in [1.29, 1.82) is 0 Å². The smallest absolute Gasteiger partial charge is 0.248 e. The van der Waals surface area contributed by atoms with Crippen LogP contribution in [0.5, 0.6) is 0 Å². The topological polar surface area (TPSA) is 106 Å². The molecule has 1 aromatic carbocycles. The predicted molar refractivity (Wildman–Crippen MR) is 112 cm³/mol. The van der Waals surface area contributed by atoms with Gasteiger partial charge in [0.25, 0.3) is 0 Å². The Bertz CT molecular complexity index is 1060. The van der Waals surface area contributed by atoms with Crippen LogP contribution in [0.25, 0.3) is 0 Å². The van der Waals surface area contributed by atoms with Crippen LogP contribution in [0.3, 0.4) is 0 Å². The Kier molecular flexibility index (Phi) is 5.65. The second-order valence-corrected chi connectivity index (χ2v) is 10.7. The number of methoxy groups -OCH3 is 1. The molecule has 2 saturated heterocycles. The quantitative estimate of drug-likeness (QED) is 0.663. The van der Waals surface area contributed by atoms with Crippen molar-refractivity contribution in [3.05, 3.63) is 41.5 Å². The summed E-state index contributed by atoms with van der Waals surface area (Å²) in [4.78, 5) is 18.8. The number of hydrogen-bond donors (Lipinski definition) is 0. The first-order chi connectivity index (χ1) is 14.7. The number of ether oxygens (including phenoxy) is 1. The van der Waals surface area contributed by atoms with E-state index in [1.807, 2.05) is 12.1 Å². The second kappa shape index (κ2) is 7.99.